The van der Waals surface area contributed by atoms with E-state index in [4.69, 9.17) is 22.4 Å². The van der Waals surface area contributed by atoms with Gasteiger partial charge in [-0.1, -0.05) is 6.92 Å². The summed E-state index contributed by atoms with van der Waals surface area (Å²) in [6.07, 6.45) is 11.7. The van der Waals surface area contributed by atoms with E-state index in [1.165, 1.54) is 17.5 Å². The zero-order chi connectivity index (χ0) is 28.6. The minimum Gasteiger partial charge on any atom is -0.328 e. The van der Waals surface area contributed by atoms with Crippen LogP contribution in [0.2, 0.25) is 5.28 Å². The van der Waals surface area contributed by atoms with Crippen molar-refractivity contribution in [3.8, 4) is 0 Å². The van der Waals surface area contributed by atoms with E-state index in [1.807, 2.05) is 19.1 Å². The summed E-state index contributed by atoms with van der Waals surface area (Å²) >= 11 is 7.43. The maximum atomic E-state index is 13.5. The minimum absolute atomic E-state index is 0.0179. The van der Waals surface area contributed by atoms with Crippen molar-refractivity contribution in [3.05, 3.63) is 93.5 Å². The van der Waals surface area contributed by atoms with Crippen molar-refractivity contribution in [1.29, 1.82) is 0 Å². The molecule has 3 aromatic rings. The molecule has 0 saturated carbocycles. The number of nitrogens with two attached hydrogens (primary N) is 1. The van der Waals surface area contributed by atoms with E-state index in [0.29, 0.717) is 40.9 Å². The van der Waals surface area contributed by atoms with Crippen LogP contribution in [0, 0.1) is 0 Å². The third kappa shape index (κ3) is 5.10. The number of nitrogens with zero attached hydrogens (tertiary/aromatic N) is 7. The van der Waals surface area contributed by atoms with Gasteiger partial charge in [-0.25, -0.2) is 15.0 Å². The number of aryl methyl sites for hydroxylation is 1. The molecule has 3 N–H and O–H groups in total. The molecule has 0 aliphatic carbocycles. The number of likely N-dealkylation sites (tertiary alicyclic amines) is 1. The average Bonchev–Trinajstić information content (AvgIpc) is 3.58. The number of hydrogen-bond donors (Lipinski definition) is 2. The number of piperidine rings is 1. The smallest absolute Gasteiger partial charge is 0.273 e. The number of quaternary nitrogens is 1. The zero-order valence-corrected chi connectivity index (χ0v) is 23.8. The number of thiazole rings is 1. The Hall–Kier alpha value is -4.10. The Bertz CT molecular complexity index is 1650. The van der Waals surface area contributed by atoms with Crippen LogP contribution >= 0.6 is 22.9 Å². The fourth-order valence-electron chi connectivity index (χ4n) is 5.18. The van der Waals surface area contributed by atoms with Crippen LogP contribution in [0.3, 0.4) is 0 Å². The number of aromatic nitrogens is 3. The molecular weight excluding hydrogens is 562 g/mol. The monoisotopic (exact) mass is 588 g/mol. The van der Waals surface area contributed by atoms with Gasteiger partial charge in [-0.3, -0.25) is 19.9 Å². The van der Waals surface area contributed by atoms with Crippen LogP contribution in [0.4, 0.5) is 5.13 Å². The van der Waals surface area contributed by atoms with Gasteiger partial charge in [0.2, 0.25) is 11.0 Å². The van der Waals surface area contributed by atoms with Gasteiger partial charge >= 0.3 is 0 Å². The van der Waals surface area contributed by atoms with Crippen LogP contribution in [0.25, 0.3) is 0 Å². The molecule has 3 aliphatic heterocycles. The number of benzene rings is 1. The predicted octanol–water partition coefficient (Wildman–Crippen LogP) is 4.31. The van der Waals surface area contributed by atoms with Crippen LogP contribution in [-0.2, 0) is 6.42 Å². The maximum Gasteiger partial charge on any atom is 0.273 e. The number of rotatable bonds is 6. The van der Waals surface area contributed by atoms with Gasteiger partial charge in [-0.2, -0.15) is 10.8 Å². The summed E-state index contributed by atoms with van der Waals surface area (Å²) in [6, 6.07) is 8.36. The molecule has 3 aliphatic rings. The molecule has 2 amide bonds. The second kappa shape index (κ2) is 11.1. The molecule has 2 atom stereocenters. The van der Waals surface area contributed by atoms with Gasteiger partial charge in [-0.05, 0) is 67.6 Å². The van der Waals surface area contributed by atoms with Gasteiger partial charge in [0.15, 0.2) is 5.13 Å². The summed E-state index contributed by atoms with van der Waals surface area (Å²) in [5, 5.41) is 3.44. The molecule has 2 aromatic heterocycles. The van der Waals surface area contributed by atoms with E-state index >= 15 is 0 Å². The minimum atomic E-state index is -0.326. The molecule has 11 nitrogen and oxygen atoms in total. The molecule has 5 heterocycles. The number of hydrogen-bond acceptors (Lipinski definition) is 9. The number of amidine groups is 1. The highest BCUT2D eigenvalue weighted by molar-refractivity contribution is 7.15. The largest absolute Gasteiger partial charge is 0.328 e. The Morgan fingerprint density at radius 2 is 2.02 bits per heavy atom. The fourth-order valence-corrected chi connectivity index (χ4v) is 6.07. The summed E-state index contributed by atoms with van der Waals surface area (Å²) in [5.74, 6) is 7.03. The molecule has 0 spiro atoms. The Kier molecular flexibility index (Phi) is 7.30. The molecule has 41 heavy (non-hydrogen) atoms. The van der Waals surface area contributed by atoms with E-state index in [-0.39, 0.29) is 33.4 Å². The highest BCUT2D eigenvalue weighted by atomic mass is 35.5. The normalized spacial score (nSPS) is 21.6. The molecule has 2 unspecified atom stereocenters. The number of carbonyl (C=O) groups excluding carboxylic acids is 2. The first-order valence-electron chi connectivity index (χ1n) is 13.3. The second-order valence-corrected chi connectivity index (χ2v) is 11.3. The Morgan fingerprint density at radius 3 is 2.78 bits per heavy atom. The Morgan fingerprint density at radius 1 is 1.20 bits per heavy atom. The van der Waals surface area contributed by atoms with Gasteiger partial charge in [0.1, 0.15) is 17.6 Å². The summed E-state index contributed by atoms with van der Waals surface area (Å²) in [6.45, 7) is 2.59. The number of allylic oxidation sites excluding steroid dienone is 1. The second-order valence-electron chi connectivity index (χ2n) is 9.80. The molecule has 1 fully saturated rings. The first-order chi connectivity index (χ1) is 19.9. The molecule has 0 radical (unpaired) electrons. The van der Waals surface area contributed by atoms with Crippen LogP contribution in [-0.4, -0.2) is 60.9 Å². The molecule has 6 rings (SSSR count). The summed E-state index contributed by atoms with van der Waals surface area (Å²) in [7, 11) is 0. The Labute approximate surface area is 245 Å². The van der Waals surface area contributed by atoms with Gasteiger partial charge < -0.3 is 4.90 Å². The van der Waals surface area contributed by atoms with Gasteiger partial charge in [0.25, 0.3) is 17.6 Å². The molecule has 1 saturated heterocycles. The number of nitrogens with one attached hydrogen (secondary N) is 1. The third-order valence-electron chi connectivity index (χ3n) is 7.27. The Balaban J connectivity index is 1.30. The van der Waals surface area contributed by atoms with E-state index in [1.54, 1.807) is 47.9 Å². The van der Waals surface area contributed by atoms with Gasteiger partial charge in [0.05, 0.1) is 24.0 Å². The van der Waals surface area contributed by atoms with E-state index in [2.05, 4.69) is 25.3 Å². The first-order valence-corrected chi connectivity index (χ1v) is 14.4. The number of amides is 2. The lowest BCUT2D eigenvalue weighted by atomic mass is 9.97. The van der Waals surface area contributed by atoms with Crippen molar-refractivity contribution in [2.75, 3.05) is 11.9 Å². The molecule has 1 aromatic carbocycles. The van der Waals surface area contributed by atoms with Crippen molar-refractivity contribution in [2.45, 2.75) is 38.6 Å². The van der Waals surface area contributed by atoms with Gasteiger partial charge in [0, 0.05) is 29.4 Å². The predicted molar refractivity (Wildman–Crippen MR) is 157 cm³/mol. The van der Waals surface area contributed by atoms with E-state index in [0.717, 1.165) is 29.7 Å². The zero-order valence-electron chi connectivity index (χ0n) is 22.2. The fraction of sp³-hybridized carbons (Fsp3) is 0.250. The van der Waals surface area contributed by atoms with Gasteiger partial charge in [-0.15, -0.1) is 15.9 Å². The summed E-state index contributed by atoms with van der Waals surface area (Å²) in [4.78, 5) is 50.9. The number of carbonyl (C=O) groups is 2. The summed E-state index contributed by atoms with van der Waals surface area (Å²) in [5.41, 5.74) is 2.83. The quantitative estimate of drug-likeness (QED) is 0.250. The first kappa shape index (κ1) is 27.1. The van der Waals surface area contributed by atoms with E-state index in [9.17, 15) is 9.59 Å². The lowest BCUT2D eigenvalue weighted by Crippen LogP contribution is -2.53. The molecule has 13 heteroatoms. The van der Waals surface area contributed by atoms with Crippen molar-refractivity contribution in [1.82, 2.24) is 19.9 Å². The standard InChI is InChI=1S/C28H26ClN9O2S/c1-2-19-15-33-28(41-19)36-25(39)18-8-6-17(7-9-18)24-35-23(22-16-31-12-14-38(22,24)30)21-5-3-4-13-37(21)26(40)20-10-11-32-27(29)34-20/h6-12,14-16,21H,2-5,13,30H2,1H3/p+1. The van der Waals surface area contributed by atoms with Crippen molar-refractivity contribution >= 4 is 51.9 Å². The van der Waals surface area contributed by atoms with Crippen LogP contribution < -0.4 is 11.2 Å². The molecular formula is C28H27ClN9O2S+. The number of halogens is 1. The topological polar surface area (TPSA) is 139 Å². The lowest BCUT2D eigenvalue weighted by Gasteiger charge is -2.35. The average molecular weight is 589 g/mol. The lowest BCUT2D eigenvalue weighted by molar-refractivity contribution is -0.750. The van der Waals surface area contributed by atoms with Crippen LogP contribution in [0.15, 0.2) is 76.5 Å². The SMILES string of the molecule is CCc1cnc(NC(=O)c2ccc(C3=NC(C4CCCCN4C(=O)c4ccnc(Cl)n4)=C4C=NC=C[N+]34N)cc2)s1. The van der Waals surface area contributed by atoms with E-state index < -0.39 is 0 Å². The van der Waals surface area contributed by atoms with Crippen LogP contribution in [0.1, 0.15) is 57.5 Å². The highest BCUT2D eigenvalue weighted by Crippen LogP contribution is 2.37. The molecule has 0 bridgehead atoms. The highest BCUT2D eigenvalue weighted by Gasteiger charge is 2.47. The van der Waals surface area contributed by atoms with Crippen LogP contribution in [0.5, 0.6) is 0 Å². The molecule has 208 valence electrons. The number of fused-ring (bicyclic) bond motifs is 1. The summed E-state index contributed by atoms with van der Waals surface area (Å²) < 4.78 is -0.193. The van der Waals surface area contributed by atoms with Crippen molar-refractivity contribution in [3.63, 3.8) is 0 Å². The third-order valence-corrected chi connectivity index (χ3v) is 8.51. The van der Waals surface area contributed by atoms with Crippen molar-refractivity contribution < 1.29 is 14.2 Å². The number of aliphatic imine (C=N–C) groups is 2. The van der Waals surface area contributed by atoms with Crippen molar-refractivity contribution in [2.24, 2.45) is 15.8 Å². The maximum absolute atomic E-state index is 13.5. The number of anilines is 1.